The van der Waals surface area contributed by atoms with E-state index < -0.39 is 10.0 Å². The lowest BCUT2D eigenvalue weighted by Crippen LogP contribution is -2.37. The van der Waals surface area contributed by atoms with Gasteiger partial charge in [-0.3, -0.25) is 4.90 Å². The van der Waals surface area contributed by atoms with E-state index in [4.69, 9.17) is 0 Å². The van der Waals surface area contributed by atoms with Crippen molar-refractivity contribution in [2.24, 2.45) is 0 Å². The molecule has 1 aliphatic heterocycles. The van der Waals surface area contributed by atoms with Gasteiger partial charge in [0, 0.05) is 30.1 Å². The molecular weight excluding hydrogens is 348 g/mol. The average Bonchev–Trinajstić information content (AvgIpc) is 2.97. The zero-order valence-electron chi connectivity index (χ0n) is 10.7. The SMILES string of the molecule is Cc1sc(Br)cc1S(=O)(=O)NC1CCN(C2CC2)C1. The Balaban J connectivity index is 1.70. The van der Waals surface area contributed by atoms with Crippen LogP contribution in [0.4, 0.5) is 0 Å². The second kappa shape index (κ2) is 5.11. The number of thiophene rings is 1. The summed E-state index contributed by atoms with van der Waals surface area (Å²) in [6, 6.07) is 2.46. The van der Waals surface area contributed by atoms with Gasteiger partial charge in [-0.15, -0.1) is 11.3 Å². The Labute approximate surface area is 126 Å². The molecule has 106 valence electrons. The van der Waals surface area contributed by atoms with E-state index in [0.717, 1.165) is 28.2 Å². The van der Waals surface area contributed by atoms with Crippen LogP contribution in [-0.4, -0.2) is 38.5 Å². The summed E-state index contributed by atoms with van der Waals surface area (Å²) >= 11 is 4.80. The summed E-state index contributed by atoms with van der Waals surface area (Å²) < 4.78 is 28.5. The number of rotatable bonds is 4. The molecule has 0 spiro atoms. The van der Waals surface area contributed by atoms with Crippen LogP contribution >= 0.6 is 27.3 Å². The van der Waals surface area contributed by atoms with Crippen molar-refractivity contribution in [3.05, 3.63) is 14.7 Å². The second-order valence-electron chi connectivity index (χ2n) is 5.30. The van der Waals surface area contributed by atoms with Crippen molar-refractivity contribution in [2.45, 2.75) is 43.2 Å². The molecule has 1 aliphatic carbocycles. The van der Waals surface area contributed by atoms with Crippen LogP contribution < -0.4 is 4.72 Å². The molecule has 1 saturated heterocycles. The normalized spacial score (nSPS) is 25.1. The smallest absolute Gasteiger partial charge is 0.241 e. The van der Waals surface area contributed by atoms with E-state index in [9.17, 15) is 8.42 Å². The minimum absolute atomic E-state index is 0.0590. The quantitative estimate of drug-likeness (QED) is 0.891. The summed E-state index contributed by atoms with van der Waals surface area (Å²) in [5.41, 5.74) is 0. The first-order chi connectivity index (χ1) is 8.95. The molecule has 0 amide bonds. The van der Waals surface area contributed by atoms with Gasteiger partial charge in [-0.1, -0.05) is 0 Å². The number of hydrogen-bond acceptors (Lipinski definition) is 4. The number of sulfonamides is 1. The summed E-state index contributed by atoms with van der Waals surface area (Å²) in [4.78, 5) is 3.65. The predicted octanol–water partition coefficient (Wildman–Crippen LogP) is 2.33. The van der Waals surface area contributed by atoms with Crippen LogP contribution in [0.25, 0.3) is 0 Å². The first-order valence-electron chi connectivity index (χ1n) is 6.48. The van der Waals surface area contributed by atoms with Crippen LogP contribution in [-0.2, 0) is 10.0 Å². The maximum atomic E-state index is 12.4. The minimum atomic E-state index is -3.38. The lowest BCUT2D eigenvalue weighted by molar-refractivity contribution is 0.322. The van der Waals surface area contributed by atoms with Crippen LogP contribution in [0.1, 0.15) is 24.1 Å². The zero-order chi connectivity index (χ0) is 13.6. The Hall–Kier alpha value is 0.0500. The van der Waals surface area contributed by atoms with E-state index in [1.807, 2.05) is 6.92 Å². The Morgan fingerprint density at radius 1 is 1.42 bits per heavy atom. The summed E-state index contributed by atoms with van der Waals surface area (Å²) in [5.74, 6) is 0. The molecule has 1 aromatic rings. The maximum absolute atomic E-state index is 12.4. The maximum Gasteiger partial charge on any atom is 0.241 e. The summed E-state index contributed by atoms with van der Waals surface area (Å²) in [6.07, 6.45) is 3.46. The van der Waals surface area contributed by atoms with Crippen LogP contribution in [0.2, 0.25) is 0 Å². The molecular formula is C12H17BrN2O2S2. The Kier molecular flexibility index (Phi) is 3.77. The molecule has 2 fully saturated rings. The van der Waals surface area contributed by atoms with Crippen molar-refractivity contribution >= 4 is 37.3 Å². The second-order valence-corrected chi connectivity index (χ2v) is 9.62. The molecule has 2 heterocycles. The number of nitrogens with zero attached hydrogens (tertiary/aromatic N) is 1. The lowest BCUT2D eigenvalue weighted by atomic mass is 10.3. The number of aryl methyl sites for hydroxylation is 1. The number of nitrogens with one attached hydrogen (secondary N) is 1. The topological polar surface area (TPSA) is 49.4 Å². The van der Waals surface area contributed by atoms with Crippen molar-refractivity contribution in [3.8, 4) is 0 Å². The summed E-state index contributed by atoms with van der Waals surface area (Å²) in [5, 5.41) is 0. The van der Waals surface area contributed by atoms with Gasteiger partial charge in [0.1, 0.15) is 0 Å². The standard InChI is InChI=1S/C12H17BrN2O2S2/c1-8-11(6-12(13)18-8)19(16,17)14-9-4-5-15(7-9)10-2-3-10/h6,9-10,14H,2-5,7H2,1H3. The van der Waals surface area contributed by atoms with Gasteiger partial charge in [0.25, 0.3) is 0 Å². The number of likely N-dealkylation sites (tertiary alicyclic amines) is 1. The molecule has 1 atom stereocenters. The van der Waals surface area contributed by atoms with Crippen LogP contribution in [0.3, 0.4) is 0 Å². The van der Waals surface area contributed by atoms with Crippen molar-refractivity contribution in [3.63, 3.8) is 0 Å². The van der Waals surface area contributed by atoms with Crippen LogP contribution in [0, 0.1) is 6.92 Å². The van der Waals surface area contributed by atoms with Gasteiger partial charge < -0.3 is 0 Å². The van der Waals surface area contributed by atoms with Crippen LogP contribution in [0.15, 0.2) is 14.7 Å². The van der Waals surface area contributed by atoms with Gasteiger partial charge in [-0.2, -0.15) is 0 Å². The van der Waals surface area contributed by atoms with Gasteiger partial charge in [0.2, 0.25) is 10.0 Å². The molecule has 19 heavy (non-hydrogen) atoms. The van der Waals surface area contributed by atoms with Crippen molar-refractivity contribution in [2.75, 3.05) is 13.1 Å². The highest BCUT2D eigenvalue weighted by atomic mass is 79.9. The molecule has 1 unspecified atom stereocenters. The molecule has 0 aromatic carbocycles. The van der Waals surface area contributed by atoms with E-state index in [1.165, 1.54) is 24.2 Å². The van der Waals surface area contributed by atoms with Crippen molar-refractivity contribution in [1.82, 2.24) is 9.62 Å². The minimum Gasteiger partial charge on any atom is -0.299 e. The number of hydrogen-bond donors (Lipinski definition) is 1. The van der Waals surface area contributed by atoms with E-state index >= 15 is 0 Å². The van der Waals surface area contributed by atoms with E-state index in [1.54, 1.807) is 6.07 Å². The van der Waals surface area contributed by atoms with Crippen LogP contribution in [0.5, 0.6) is 0 Å². The largest absolute Gasteiger partial charge is 0.299 e. The third kappa shape index (κ3) is 3.05. The van der Waals surface area contributed by atoms with Gasteiger partial charge in [-0.05, 0) is 48.2 Å². The van der Waals surface area contributed by atoms with Gasteiger partial charge in [0.15, 0.2) is 0 Å². The molecule has 1 N–H and O–H groups in total. The third-order valence-corrected chi connectivity index (χ3v) is 7.07. The predicted molar refractivity (Wildman–Crippen MR) is 80.1 cm³/mol. The Morgan fingerprint density at radius 3 is 2.74 bits per heavy atom. The fourth-order valence-corrected chi connectivity index (χ4v) is 6.31. The summed E-state index contributed by atoms with van der Waals surface area (Å²) in [6.45, 7) is 3.72. The lowest BCUT2D eigenvalue weighted by Gasteiger charge is -2.15. The Bertz CT molecular complexity index is 581. The molecule has 1 saturated carbocycles. The number of halogens is 1. The Morgan fingerprint density at radius 2 is 2.16 bits per heavy atom. The molecule has 7 heteroatoms. The average molecular weight is 365 g/mol. The first-order valence-corrected chi connectivity index (χ1v) is 9.57. The van der Waals surface area contributed by atoms with E-state index in [0.29, 0.717) is 10.9 Å². The van der Waals surface area contributed by atoms with Crippen molar-refractivity contribution in [1.29, 1.82) is 0 Å². The first kappa shape index (κ1) is 14.0. The molecule has 0 bridgehead atoms. The molecule has 2 aliphatic rings. The molecule has 0 radical (unpaired) electrons. The van der Waals surface area contributed by atoms with E-state index in [2.05, 4.69) is 25.6 Å². The van der Waals surface area contributed by atoms with E-state index in [-0.39, 0.29) is 6.04 Å². The van der Waals surface area contributed by atoms with Crippen molar-refractivity contribution < 1.29 is 8.42 Å². The van der Waals surface area contributed by atoms with Gasteiger partial charge >= 0.3 is 0 Å². The highest BCUT2D eigenvalue weighted by Gasteiger charge is 2.36. The molecule has 4 nitrogen and oxygen atoms in total. The fourth-order valence-electron chi connectivity index (χ4n) is 2.64. The monoisotopic (exact) mass is 364 g/mol. The van der Waals surface area contributed by atoms with Gasteiger partial charge in [-0.25, -0.2) is 13.1 Å². The zero-order valence-corrected chi connectivity index (χ0v) is 13.9. The highest BCUT2D eigenvalue weighted by molar-refractivity contribution is 9.11. The fraction of sp³-hybridized carbons (Fsp3) is 0.667. The third-order valence-electron chi connectivity index (χ3n) is 3.74. The molecule has 3 rings (SSSR count). The van der Waals surface area contributed by atoms with Gasteiger partial charge in [0.05, 0.1) is 8.68 Å². The summed E-state index contributed by atoms with van der Waals surface area (Å²) in [7, 11) is -3.38. The highest BCUT2D eigenvalue weighted by Crippen LogP contribution is 2.32. The molecule has 1 aromatic heterocycles.